The number of benzene rings is 1. The molecule has 0 spiro atoms. The number of amides is 1. The maximum absolute atomic E-state index is 14.0. The Balaban J connectivity index is 1.87. The van der Waals surface area contributed by atoms with Crippen molar-refractivity contribution < 1.29 is 13.9 Å². The van der Waals surface area contributed by atoms with E-state index in [1.807, 2.05) is 25.3 Å². The normalized spacial score (nSPS) is 15.7. The van der Waals surface area contributed by atoms with Crippen LogP contribution in [-0.2, 0) is 12.8 Å². The standard InChI is InChI=1S/C23H25FN4O2/c1-5-15-7-6-14(12-25-15)22-20-18(10-13(2)3)26-27-21(20)23(29)28(22)16-8-9-17(24)19(11-16)30-4/h6-9,11-13,22H,5,10H2,1-4H3,(H,26,27). The predicted molar refractivity (Wildman–Crippen MR) is 112 cm³/mol. The van der Waals surface area contributed by atoms with Crippen molar-refractivity contribution in [3.05, 3.63) is 70.6 Å². The number of halogens is 1. The number of carbonyl (C=O) groups excluding carboxylic acids is 1. The summed E-state index contributed by atoms with van der Waals surface area (Å²) in [5.41, 5.74) is 4.63. The van der Waals surface area contributed by atoms with E-state index in [1.54, 1.807) is 17.0 Å². The zero-order chi connectivity index (χ0) is 21.4. The summed E-state index contributed by atoms with van der Waals surface area (Å²) in [6.45, 7) is 6.28. The summed E-state index contributed by atoms with van der Waals surface area (Å²) in [4.78, 5) is 19.6. The summed E-state index contributed by atoms with van der Waals surface area (Å²) in [6, 6.07) is 8.04. The van der Waals surface area contributed by atoms with E-state index in [2.05, 4.69) is 29.0 Å². The molecule has 0 saturated carbocycles. The van der Waals surface area contributed by atoms with Crippen molar-refractivity contribution in [2.75, 3.05) is 12.0 Å². The number of aromatic nitrogens is 3. The van der Waals surface area contributed by atoms with Crippen molar-refractivity contribution in [1.82, 2.24) is 15.2 Å². The number of ether oxygens (including phenoxy) is 1. The molecule has 4 rings (SSSR count). The van der Waals surface area contributed by atoms with Crippen molar-refractivity contribution in [2.45, 2.75) is 39.7 Å². The van der Waals surface area contributed by atoms with Gasteiger partial charge in [-0.25, -0.2) is 4.39 Å². The van der Waals surface area contributed by atoms with Gasteiger partial charge in [-0.05, 0) is 42.5 Å². The monoisotopic (exact) mass is 408 g/mol. The molecule has 0 bridgehead atoms. The number of aryl methyl sites for hydroxylation is 1. The van der Waals surface area contributed by atoms with E-state index in [4.69, 9.17) is 4.74 Å². The van der Waals surface area contributed by atoms with Crippen LogP contribution in [0.15, 0.2) is 36.5 Å². The van der Waals surface area contributed by atoms with Gasteiger partial charge in [-0.2, -0.15) is 5.10 Å². The molecule has 30 heavy (non-hydrogen) atoms. The quantitative estimate of drug-likeness (QED) is 0.654. The van der Waals surface area contributed by atoms with Gasteiger partial charge in [0, 0.05) is 29.2 Å². The Kier molecular flexibility index (Phi) is 5.28. The number of methoxy groups -OCH3 is 1. The van der Waals surface area contributed by atoms with Crippen molar-refractivity contribution in [3.63, 3.8) is 0 Å². The minimum absolute atomic E-state index is 0.0922. The molecule has 3 aromatic rings. The maximum Gasteiger partial charge on any atom is 0.277 e. The van der Waals surface area contributed by atoms with Gasteiger partial charge in [0.15, 0.2) is 11.6 Å². The third-order valence-electron chi connectivity index (χ3n) is 5.39. The summed E-state index contributed by atoms with van der Waals surface area (Å²) in [5, 5.41) is 7.37. The van der Waals surface area contributed by atoms with Crippen LogP contribution in [0.2, 0.25) is 0 Å². The van der Waals surface area contributed by atoms with Gasteiger partial charge in [-0.15, -0.1) is 0 Å². The second kappa shape index (κ2) is 7.89. The van der Waals surface area contributed by atoms with Gasteiger partial charge in [-0.1, -0.05) is 26.8 Å². The number of nitrogens with one attached hydrogen (secondary N) is 1. The Hall–Kier alpha value is -3.22. The summed E-state index contributed by atoms with van der Waals surface area (Å²) >= 11 is 0. The summed E-state index contributed by atoms with van der Waals surface area (Å²) in [5.74, 6) is -0.201. The van der Waals surface area contributed by atoms with Gasteiger partial charge in [0.05, 0.1) is 18.8 Å². The van der Waals surface area contributed by atoms with E-state index in [-0.39, 0.29) is 11.7 Å². The highest BCUT2D eigenvalue weighted by Crippen LogP contribution is 2.43. The smallest absolute Gasteiger partial charge is 0.277 e. The fraction of sp³-hybridized carbons (Fsp3) is 0.348. The maximum atomic E-state index is 14.0. The molecule has 0 aliphatic carbocycles. The third-order valence-corrected chi connectivity index (χ3v) is 5.39. The molecule has 1 unspecified atom stereocenters. The molecule has 1 aliphatic rings. The molecule has 0 radical (unpaired) electrons. The van der Waals surface area contributed by atoms with E-state index in [1.165, 1.54) is 13.2 Å². The van der Waals surface area contributed by atoms with Crippen molar-refractivity contribution in [3.8, 4) is 5.75 Å². The Labute approximate surface area is 175 Å². The van der Waals surface area contributed by atoms with Gasteiger partial charge in [0.25, 0.3) is 5.91 Å². The Morgan fingerprint density at radius 2 is 2.07 bits per heavy atom. The second-order valence-electron chi connectivity index (χ2n) is 7.89. The average molecular weight is 408 g/mol. The lowest BCUT2D eigenvalue weighted by molar-refractivity contribution is 0.0988. The zero-order valence-electron chi connectivity index (χ0n) is 17.6. The number of nitrogens with zero attached hydrogens (tertiary/aromatic N) is 3. The topological polar surface area (TPSA) is 71.1 Å². The molecular formula is C23H25FN4O2. The number of H-pyrrole nitrogens is 1. The van der Waals surface area contributed by atoms with E-state index < -0.39 is 11.9 Å². The second-order valence-corrected chi connectivity index (χ2v) is 7.89. The van der Waals surface area contributed by atoms with E-state index >= 15 is 0 Å². The van der Waals surface area contributed by atoms with E-state index in [9.17, 15) is 9.18 Å². The van der Waals surface area contributed by atoms with Crippen LogP contribution in [0.3, 0.4) is 0 Å². The minimum Gasteiger partial charge on any atom is -0.494 e. The predicted octanol–water partition coefficient (Wildman–Crippen LogP) is 4.46. The SMILES string of the molecule is CCc1ccc(C2c3c(CC(C)C)n[nH]c3C(=O)N2c2ccc(F)c(OC)c2)cn1. The molecule has 6 nitrogen and oxygen atoms in total. The fourth-order valence-corrected chi connectivity index (χ4v) is 3.94. The van der Waals surface area contributed by atoms with Crippen LogP contribution in [0.1, 0.15) is 59.8 Å². The molecule has 1 N–H and O–H groups in total. The lowest BCUT2D eigenvalue weighted by Crippen LogP contribution is -2.29. The first-order chi connectivity index (χ1) is 14.4. The Bertz CT molecular complexity index is 1080. The summed E-state index contributed by atoms with van der Waals surface area (Å²) in [7, 11) is 1.41. The lowest BCUT2D eigenvalue weighted by atomic mass is 9.96. The van der Waals surface area contributed by atoms with Gasteiger partial charge < -0.3 is 4.74 Å². The first kappa shape index (κ1) is 20.1. The first-order valence-corrected chi connectivity index (χ1v) is 10.1. The minimum atomic E-state index is -0.473. The Morgan fingerprint density at radius 1 is 1.27 bits per heavy atom. The zero-order valence-corrected chi connectivity index (χ0v) is 17.6. The lowest BCUT2D eigenvalue weighted by Gasteiger charge is -2.27. The van der Waals surface area contributed by atoms with Crippen LogP contribution >= 0.6 is 0 Å². The average Bonchev–Trinajstić information content (AvgIpc) is 3.27. The first-order valence-electron chi connectivity index (χ1n) is 10.1. The molecule has 156 valence electrons. The molecule has 1 aliphatic heterocycles. The van der Waals surface area contributed by atoms with Crippen LogP contribution < -0.4 is 9.64 Å². The number of aromatic amines is 1. The molecule has 3 heterocycles. The van der Waals surface area contributed by atoms with Crippen LogP contribution in [0.25, 0.3) is 0 Å². The number of fused-ring (bicyclic) bond motifs is 1. The number of hydrogen-bond acceptors (Lipinski definition) is 4. The summed E-state index contributed by atoms with van der Waals surface area (Å²) in [6.07, 6.45) is 3.39. The van der Waals surface area contributed by atoms with Gasteiger partial charge >= 0.3 is 0 Å². The number of hydrogen-bond donors (Lipinski definition) is 1. The Morgan fingerprint density at radius 3 is 2.70 bits per heavy atom. The van der Waals surface area contributed by atoms with Crippen LogP contribution in [0.5, 0.6) is 5.75 Å². The molecule has 2 aromatic heterocycles. The van der Waals surface area contributed by atoms with Crippen molar-refractivity contribution in [1.29, 1.82) is 0 Å². The number of carbonyl (C=O) groups is 1. The molecule has 7 heteroatoms. The highest BCUT2D eigenvalue weighted by atomic mass is 19.1. The van der Waals surface area contributed by atoms with Crippen molar-refractivity contribution in [2.24, 2.45) is 5.92 Å². The molecule has 0 saturated heterocycles. The number of pyridine rings is 1. The third kappa shape index (κ3) is 3.34. The van der Waals surface area contributed by atoms with Crippen LogP contribution in [0, 0.1) is 11.7 Å². The number of anilines is 1. The van der Waals surface area contributed by atoms with E-state index in [0.717, 1.165) is 35.4 Å². The van der Waals surface area contributed by atoms with E-state index in [0.29, 0.717) is 17.3 Å². The largest absolute Gasteiger partial charge is 0.494 e. The number of rotatable bonds is 6. The molecule has 1 atom stereocenters. The van der Waals surface area contributed by atoms with Gasteiger partial charge in [-0.3, -0.25) is 19.8 Å². The van der Waals surface area contributed by atoms with Crippen molar-refractivity contribution >= 4 is 11.6 Å². The van der Waals surface area contributed by atoms with Gasteiger partial charge in [0.2, 0.25) is 0 Å². The van der Waals surface area contributed by atoms with Crippen LogP contribution in [-0.4, -0.2) is 28.2 Å². The molecule has 0 fully saturated rings. The highest BCUT2D eigenvalue weighted by molar-refractivity contribution is 6.10. The molecule has 1 aromatic carbocycles. The summed E-state index contributed by atoms with van der Waals surface area (Å²) < 4.78 is 19.2. The highest BCUT2D eigenvalue weighted by Gasteiger charge is 2.43. The van der Waals surface area contributed by atoms with Gasteiger partial charge in [0.1, 0.15) is 5.69 Å². The molecule has 1 amide bonds. The molecular weight excluding hydrogens is 383 g/mol. The fourth-order valence-electron chi connectivity index (χ4n) is 3.94. The van der Waals surface area contributed by atoms with Crippen LogP contribution in [0.4, 0.5) is 10.1 Å².